The van der Waals surface area contributed by atoms with E-state index in [4.69, 9.17) is 17.3 Å². The molecule has 2 N–H and O–H groups in total. The largest absolute Gasteiger partial charge is 0.327 e. The molecule has 0 aliphatic carbocycles. The van der Waals surface area contributed by atoms with Gasteiger partial charge in [0.15, 0.2) is 0 Å². The first-order valence-corrected chi connectivity index (χ1v) is 6.30. The van der Waals surface area contributed by atoms with Gasteiger partial charge in [0.25, 0.3) is 0 Å². The highest BCUT2D eigenvalue weighted by Gasteiger charge is 2.16. The van der Waals surface area contributed by atoms with Crippen LogP contribution in [0.4, 0.5) is 0 Å². The first kappa shape index (κ1) is 13.5. The average molecular weight is 244 g/mol. The first-order chi connectivity index (χ1) is 7.45. The van der Waals surface area contributed by atoms with Gasteiger partial charge in [-0.25, -0.2) is 0 Å². The van der Waals surface area contributed by atoms with Gasteiger partial charge < -0.3 is 5.73 Å². The van der Waals surface area contributed by atoms with Crippen LogP contribution in [0, 0.1) is 12.8 Å². The first-order valence-electron chi connectivity index (χ1n) is 5.93. The van der Waals surface area contributed by atoms with Gasteiger partial charge in [0.1, 0.15) is 0 Å². The Balaban J connectivity index is 2.79. The van der Waals surface area contributed by atoms with Crippen LogP contribution in [-0.4, -0.2) is 15.8 Å². The van der Waals surface area contributed by atoms with Crippen LogP contribution in [0.25, 0.3) is 0 Å². The molecule has 0 fully saturated rings. The van der Waals surface area contributed by atoms with Gasteiger partial charge in [0, 0.05) is 19.0 Å². The predicted octanol–water partition coefficient (Wildman–Crippen LogP) is 2.78. The standard InChI is InChI=1S/C12H22ClN3/c1-5-16-11(12(13)9(4)15-16)7-10(14)6-8(2)3/h8,10H,5-7,14H2,1-4H3. The van der Waals surface area contributed by atoms with Crippen molar-refractivity contribution >= 4 is 11.6 Å². The van der Waals surface area contributed by atoms with E-state index < -0.39 is 0 Å². The Labute approximate surface area is 103 Å². The molecule has 1 atom stereocenters. The fourth-order valence-electron chi connectivity index (χ4n) is 2.00. The molecule has 1 rings (SSSR count). The van der Waals surface area contributed by atoms with E-state index in [0.29, 0.717) is 5.92 Å². The minimum absolute atomic E-state index is 0.166. The SMILES string of the molecule is CCn1nc(C)c(Cl)c1CC(N)CC(C)C. The van der Waals surface area contributed by atoms with E-state index in [1.165, 1.54) is 0 Å². The van der Waals surface area contributed by atoms with Gasteiger partial charge in [-0.15, -0.1) is 0 Å². The van der Waals surface area contributed by atoms with Crippen LogP contribution < -0.4 is 5.73 Å². The lowest BCUT2D eigenvalue weighted by Crippen LogP contribution is -2.26. The molecule has 0 bridgehead atoms. The quantitative estimate of drug-likeness (QED) is 0.864. The van der Waals surface area contributed by atoms with Gasteiger partial charge in [-0.05, 0) is 26.2 Å². The molecule has 0 radical (unpaired) electrons. The van der Waals surface area contributed by atoms with E-state index >= 15 is 0 Å². The second-order valence-corrected chi connectivity index (χ2v) is 5.13. The van der Waals surface area contributed by atoms with E-state index in [0.717, 1.165) is 35.8 Å². The summed E-state index contributed by atoms with van der Waals surface area (Å²) in [5, 5.41) is 5.17. The molecular formula is C12H22ClN3. The summed E-state index contributed by atoms with van der Waals surface area (Å²) in [5.41, 5.74) is 8.09. The van der Waals surface area contributed by atoms with Crippen LogP contribution in [0.3, 0.4) is 0 Å². The van der Waals surface area contributed by atoms with Crippen molar-refractivity contribution in [1.29, 1.82) is 0 Å². The zero-order valence-electron chi connectivity index (χ0n) is 10.6. The molecule has 0 aromatic carbocycles. The van der Waals surface area contributed by atoms with Crippen molar-refractivity contribution in [3.05, 3.63) is 16.4 Å². The number of rotatable bonds is 5. The van der Waals surface area contributed by atoms with Crippen molar-refractivity contribution in [2.75, 3.05) is 0 Å². The van der Waals surface area contributed by atoms with Crippen molar-refractivity contribution in [2.45, 2.75) is 53.1 Å². The maximum absolute atomic E-state index is 6.23. The third-order valence-electron chi connectivity index (χ3n) is 2.68. The third kappa shape index (κ3) is 3.22. The Hall–Kier alpha value is -0.540. The van der Waals surface area contributed by atoms with Crippen LogP contribution in [0.15, 0.2) is 0 Å². The van der Waals surface area contributed by atoms with Gasteiger partial charge in [-0.1, -0.05) is 25.4 Å². The third-order valence-corrected chi connectivity index (χ3v) is 3.17. The lowest BCUT2D eigenvalue weighted by atomic mass is 10.0. The minimum atomic E-state index is 0.166. The van der Waals surface area contributed by atoms with Crippen molar-refractivity contribution in [3.8, 4) is 0 Å². The van der Waals surface area contributed by atoms with Crippen molar-refractivity contribution in [2.24, 2.45) is 11.7 Å². The number of hydrogen-bond donors (Lipinski definition) is 1. The molecule has 0 saturated heterocycles. The van der Waals surface area contributed by atoms with E-state index in [2.05, 4.69) is 25.9 Å². The fraction of sp³-hybridized carbons (Fsp3) is 0.750. The zero-order valence-corrected chi connectivity index (χ0v) is 11.4. The number of halogens is 1. The number of aromatic nitrogens is 2. The van der Waals surface area contributed by atoms with Crippen molar-refractivity contribution in [1.82, 2.24) is 9.78 Å². The molecule has 4 heteroatoms. The molecule has 1 aromatic heterocycles. The highest BCUT2D eigenvalue weighted by molar-refractivity contribution is 6.31. The monoisotopic (exact) mass is 243 g/mol. The van der Waals surface area contributed by atoms with Crippen LogP contribution in [0.5, 0.6) is 0 Å². The normalized spacial score (nSPS) is 13.4. The highest BCUT2D eigenvalue weighted by atomic mass is 35.5. The molecular weight excluding hydrogens is 222 g/mol. The Morgan fingerprint density at radius 3 is 2.56 bits per heavy atom. The molecule has 1 unspecified atom stereocenters. The molecule has 92 valence electrons. The Bertz CT molecular complexity index is 344. The molecule has 0 amide bonds. The van der Waals surface area contributed by atoms with Gasteiger partial charge in [0.2, 0.25) is 0 Å². The minimum Gasteiger partial charge on any atom is -0.327 e. The number of aryl methyl sites for hydroxylation is 2. The van der Waals surface area contributed by atoms with Crippen LogP contribution in [0.1, 0.15) is 38.6 Å². The Morgan fingerprint density at radius 1 is 1.44 bits per heavy atom. The van der Waals surface area contributed by atoms with Crippen LogP contribution in [-0.2, 0) is 13.0 Å². The van der Waals surface area contributed by atoms with E-state index in [1.807, 2.05) is 11.6 Å². The van der Waals surface area contributed by atoms with Gasteiger partial charge in [-0.2, -0.15) is 5.10 Å². The number of nitrogens with two attached hydrogens (primary N) is 1. The molecule has 0 spiro atoms. The summed E-state index contributed by atoms with van der Waals surface area (Å²) in [6, 6.07) is 0.166. The second kappa shape index (κ2) is 5.69. The van der Waals surface area contributed by atoms with Crippen LogP contribution >= 0.6 is 11.6 Å². The van der Waals surface area contributed by atoms with E-state index in [9.17, 15) is 0 Å². The molecule has 3 nitrogen and oxygen atoms in total. The number of hydrogen-bond acceptors (Lipinski definition) is 2. The Morgan fingerprint density at radius 2 is 2.06 bits per heavy atom. The van der Waals surface area contributed by atoms with Crippen LogP contribution in [0.2, 0.25) is 5.02 Å². The molecule has 16 heavy (non-hydrogen) atoms. The summed E-state index contributed by atoms with van der Waals surface area (Å²) in [4.78, 5) is 0. The zero-order chi connectivity index (χ0) is 12.3. The Kier molecular flexibility index (Phi) is 4.81. The fourth-order valence-corrected chi connectivity index (χ4v) is 2.21. The maximum Gasteiger partial charge on any atom is 0.0847 e. The summed E-state index contributed by atoms with van der Waals surface area (Å²) in [6.45, 7) is 9.22. The number of nitrogens with zero attached hydrogens (tertiary/aromatic N) is 2. The maximum atomic E-state index is 6.23. The van der Waals surface area contributed by atoms with Gasteiger partial charge in [-0.3, -0.25) is 4.68 Å². The van der Waals surface area contributed by atoms with E-state index in [1.54, 1.807) is 0 Å². The summed E-state index contributed by atoms with van der Waals surface area (Å²) in [6.07, 6.45) is 1.83. The second-order valence-electron chi connectivity index (χ2n) is 4.76. The smallest absolute Gasteiger partial charge is 0.0847 e. The van der Waals surface area contributed by atoms with E-state index in [-0.39, 0.29) is 6.04 Å². The lowest BCUT2D eigenvalue weighted by molar-refractivity contribution is 0.478. The topological polar surface area (TPSA) is 43.8 Å². The molecule has 0 aliphatic rings. The average Bonchev–Trinajstić information content (AvgIpc) is 2.44. The van der Waals surface area contributed by atoms with Gasteiger partial charge in [0.05, 0.1) is 16.4 Å². The lowest BCUT2D eigenvalue weighted by Gasteiger charge is -2.14. The predicted molar refractivity (Wildman–Crippen MR) is 68.8 cm³/mol. The summed E-state index contributed by atoms with van der Waals surface area (Å²) < 4.78 is 1.96. The summed E-state index contributed by atoms with van der Waals surface area (Å²) in [7, 11) is 0. The molecule has 0 aliphatic heterocycles. The molecule has 1 aromatic rings. The molecule has 1 heterocycles. The van der Waals surface area contributed by atoms with Crippen molar-refractivity contribution < 1.29 is 0 Å². The highest BCUT2D eigenvalue weighted by Crippen LogP contribution is 2.22. The summed E-state index contributed by atoms with van der Waals surface area (Å²) in [5.74, 6) is 0.618. The summed E-state index contributed by atoms with van der Waals surface area (Å²) >= 11 is 6.23. The van der Waals surface area contributed by atoms with Crippen molar-refractivity contribution in [3.63, 3.8) is 0 Å². The molecule has 0 saturated carbocycles. The van der Waals surface area contributed by atoms with Gasteiger partial charge >= 0.3 is 0 Å².